The Morgan fingerprint density at radius 3 is 1.14 bits per heavy atom. The SMILES string of the molecule is CC(C)(C)OOC=COOC(C)(C)C. The molecule has 0 atom stereocenters. The van der Waals surface area contributed by atoms with E-state index in [1.54, 1.807) is 0 Å². The summed E-state index contributed by atoms with van der Waals surface area (Å²) in [7, 11) is 0. The molecule has 0 aliphatic carbocycles. The molecule has 84 valence electrons. The Kier molecular flexibility index (Phi) is 4.94. The Bertz CT molecular complexity index is 154. The monoisotopic (exact) mass is 204 g/mol. The Morgan fingerprint density at radius 1 is 0.643 bits per heavy atom. The molecule has 0 aromatic carbocycles. The molecule has 0 aromatic rings. The third kappa shape index (κ3) is 11.3. The summed E-state index contributed by atoms with van der Waals surface area (Å²) in [6, 6.07) is 0. The van der Waals surface area contributed by atoms with Gasteiger partial charge in [0, 0.05) is 0 Å². The Hall–Kier alpha value is -0.740. The van der Waals surface area contributed by atoms with Gasteiger partial charge in [-0.2, -0.15) is 9.78 Å². The van der Waals surface area contributed by atoms with Crippen LogP contribution in [0.3, 0.4) is 0 Å². The van der Waals surface area contributed by atoms with Crippen molar-refractivity contribution in [2.24, 2.45) is 0 Å². The van der Waals surface area contributed by atoms with E-state index >= 15 is 0 Å². The van der Waals surface area contributed by atoms with Gasteiger partial charge in [0.15, 0.2) is 12.5 Å². The molecule has 0 heterocycles. The fraction of sp³-hybridized carbons (Fsp3) is 0.800. The van der Waals surface area contributed by atoms with Crippen molar-refractivity contribution in [2.45, 2.75) is 52.7 Å². The molecule has 0 rings (SSSR count). The largest absolute Gasteiger partial charge is 0.342 e. The number of hydrogen-bond acceptors (Lipinski definition) is 4. The molecule has 0 saturated carbocycles. The average molecular weight is 204 g/mol. The van der Waals surface area contributed by atoms with Gasteiger partial charge in [-0.05, 0) is 41.5 Å². The normalized spacial score (nSPS) is 13.3. The van der Waals surface area contributed by atoms with Gasteiger partial charge < -0.3 is 9.78 Å². The van der Waals surface area contributed by atoms with Gasteiger partial charge in [0.2, 0.25) is 0 Å². The molecule has 0 aromatic heterocycles. The third-order valence-electron chi connectivity index (χ3n) is 0.763. The van der Waals surface area contributed by atoms with Crippen LogP contribution in [0.5, 0.6) is 0 Å². The Morgan fingerprint density at radius 2 is 0.929 bits per heavy atom. The molecule has 4 nitrogen and oxygen atoms in total. The molecule has 4 heteroatoms. The first-order valence-corrected chi connectivity index (χ1v) is 4.55. The summed E-state index contributed by atoms with van der Waals surface area (Å²) in [4.78, 5) is 19.3. The molecule has 0 radical (unpaired) electrons. The summed E-state index contributed by atoms with van der Waals surface area (Å²) in [5.74, 6) is 0. The maximum Gasteiger partial charge on any atom is 0.168 e. The first kappa shape index (κ1) is 13.3. The summed E-state index contributed by atoms with van der Waals surface area (Å²) >= 11 is 0. The zero-order valence-electron chi connectivity index (χ0n) is 9.79. The van der Waals surface area contributed by atoms with E-state index in [0.717, 1.165) is 0 Å². The molecule has 0 aliphatic heterocycles. The highest BCUT2D eigenvalue weighted by Gasteiger charge is 2.11. The van der Waals surface area contributed by atoms with Crippen molar-refractivity contribution in [3.63, 3.8) is 0 Å². The zero-order valence-corrected chi connectivity index (χ0v) is 9.79. The summed E-state index contributed by atoms with van der Waals surface area (Å²) in [6.45, 7) is 11.3. The molecule has 0 saturated heterocycles. The van der Waals surface area contributed by atoms with Gasteiger partial charge in [0.25, 0.3) is 0 Å². The molecule has 0 aliphatic rings. The fourth-order valence-electron chi connectivity index (χ4n) is 0.390. The highest BCUT2D eigenvalue weighted by molar-refractivity contribution is 4.60. The second-order valence-corrected chi connectivity index (χ2v) is 4.86. The number of rotatable bonds is 4. The minimum Gasteiger partial charge on any atom is -0.342 e. The summed E-state index contributed by atoms with van der Waals surface area (Å²) in [5.41, 5.74) is -0.676. The van der Waals surface area contributed by atoms with Crippen LogP contribution in [-0.4, -0.2) is 11.2 Å². The molecule has 0 fully saturated rings. The van der Waals surface area contributed by atoms with Crippen LogP contribution in [0.25, 0.3) is 0 Å². The zero-order chi connectivity index (χ0) is 11.2. The molecule has 14 heavy (non-hydrogen) atoms. The van der Waals surface area contributed by atoms with Gasteiger partial charge in [-0.3, -0.25) is 0 Å². The van der Waals surface area contributed by atoms with E-state index in [0.29, 0.717) is 0 Å². The van der Waals surface area contributed by atoms with Gasteiger partial charge in [-0.15, -0.1) is 0 Å². The lowest BCUT2D eigenvalue weighted by Gasteiger charge is -2.16. The summed E-state index contributed by atoms with van der Waals surface area (Å²) < 4.78 is 0. The van der Waals surface area contributed by atoms with Crippen molar-refractivity contribution in [1.29, 1.82) is 0 Å². The van der Waals surface area contributed by atoms with E-state index in [1.807, 2.05) is 41.5 Å². The second-order valence-electron chi connectivity index (χ2n) is 4.86. The first-order valence-electron chi connectivity index (χ1n) is 4.55. The predicted molar refractivity (Wildman–Crippen MR) is 53.0 cm³/mol. The van der Waals surface area contributed by atoms with Crippen LogP contribution in [0.1, 0.15) is 41.5 Å². The van der Waals surface area contributed by atoms with E-state index in [4.69, 9.17) is 19.6 Å². The van der Waals surface area contributed by atoms with Crippen LogP contribution in [0, 0.1) is 0 Å². The van der Waals surface area contributed by atoms with Gasteiger partial charge in [0.1, 0.15) is 11.2 Å². The van der Waals surface area contributed by atoms with Crippen molar-refractivity contribution >= 4 is 0 Å². The molecule has 0 spiro atoms. The molecule has 0 unspecified atom stereocenters. The van der Waals surface area contributed by atoms with Crippen LogP contribution in [0.15, 0.2) is 12.5 Å². The maximum absolute atomic E-state index is 4.94. The van der Waals surface area contributed by atoms with E-state index in [-0.39, 0.29) is 11.2 Å². The predicted octanol–water partition coefficient (Wildman–Crippen LogP) is 2.95. The molecule has 0 bridgehead atoms. The highest BCUT2D eigenvalue weighted by atomic mass is 17.2. The maximum atomic E-state index is 4.94. The minimum atomic E-state index is -0.338. The van der Waals surface area contributed by atoms with E-state index < -0.39 is 0 Å². The smallest absolute Gasteiger partial charge is 0.168 e. The van der Waals surface area contributed by atoms with Crippen molar-refractivity contribution < 1.29 is 19.6 Å². The third-order valence-corrected chi connectivity index (χ3v) is 0.763. The average Bonchev–Trinajstić information content (AvgIpc) is 1.92. The van der Waals surface area contributed by atoms with Crippen molar-refractivity contribution in [1.82, 2.24) is 0 Å². The van der Waals surface area contributed by atoms with E-state index in [9.17, 15) is 0 Å². The van der Waals surface area contributed by atoms with Gasteiger partial charge >= 0.3 is 0 Å². The lowest BCUT2D eigenvalue weighted by molar-refractivity contribution is -0.328. The molecular formula is C10H20O4. The summed E-state index contributed by atoms with van der Waals surface area (Å²) in [6.07, 6.45) is 2.55. The van der Waals surface area contributed by atoms with Crippen LogP contribution in [0.2, 0.25) is 0 Å². The lowest BCUT2D eigenvalue weighted by atomic mass is 10.2. The number of hydrogen-bond donors (Lipinski definition) is 0. The van der Waals surface area contributed by atoms with Gasteiger partial charge in [-0.1, -0.05) is 0 Å². The minimum absolute atomic E-state index is 0.338. The standard InChI is InChI=1S/C10H20O4/c1-9(2,3)13-11-7-8-12-14-10(4,5)6/h7-8H,1-6H3. The Labute approximate surface area is 85.6 Å². The Balaban J connectivity index is 3.47. The van der Waals surface area contributed by atoms with Gasteiger partial charge in [-0.25, -0.2) is 0 Å². The summed E-state index contributed by atoms with van der Waals surface area (Å²) in [5, 5.41) is 0. The van der Waals surface area contributed by atoms with Crippen LogP contribution >= 0.6 is 0 Å². The second kappa shape index (κ2) is 5.22. The van der Waals surface area contributed by atoms with Crippen molar-refractivity contribution in [2.75, 3.05) is 0 Å². The van der Waals surface area contributed by atoms with Crippen LogP contribution in [-0.2, 0) is 19.6 Å². The molecular weight excluding hydrogens is 184 g/mol. The quantitative estimate of drug-likeness (QED) is 0.401. The van der Waals surface area contributed by atoms with E-state index in [1.165, 1.54) is 12.5 Å². The topological polar surface area (TPSA) is 36.9 Å². The van der Waals surface area contributed by atoms with Crippen LogP contribution < -0.4 is 0 Å². The molecule has 0 amide bonds. The highest BCUT2D eigenvalue weighted by Crippen LogP contribution is 2.08. The van der Waals surface area contributed by atoms with E-state index in [2.05, 4.69) is 0 Å². The van der Waals surface area contributed by atoms with Gasteiger partial charge in [0.05, 0.1) is 0 Å². The fourth-order valence-corrected chi connectivity index (χ4v) is 0.390. The van der Waals surface area contributed by atoms with Crippen LogP contribution in [0.4, 0.5) is 0 Å². The van der Waals surface area contributed by atoms with Crippen molar-refractivity contribution in [3.05, 3.63) is 12.5 Å². The lowest BCUT2D eigenvalue weighted by Crippen LogP contribution is -2.18. The molecule has 0 N–H and O–H groups in total. The first-order chi connectivity index (χ1) is 6.21. The van der Waals surface area contributed by atoms with Crippen molar-refractivity contribution in [3.8, 4) is 0 Å².